The van der Waals surface area contributed by atoms with Gasteiger partial charge in [-0.3, -0.25) is 4.79 Å². The molecular weight excluding hydrogens is 344 g/mol. The van der Waals surface area contributed by atoms with Gasteiger partial charge in [-0.1, -0.05) is 20.8 Å². The minimum atomic E-state index is -0.775. The van der Waals surface area contributed by atoms with Crippen LogP contribution in [0.25, 0.3) is 5.69 Å². The molecule has 6 nitrogen and oxygen atoms in total. The van der Waals surface area contributed by atoms with Crippen molar-refractivity contribution >= 4 is 11.9 Å². The Morgan fingerprint density at radius 3 is 2.48 bits per heavy atom. The maximum Gasteiger partial charge on any atom is 0.337 e. The normalized spacial score (nSPS) is 16.7. The Bertz CT molecular complexity index is 860. The zero-order chi connectivity index (χ0) is 19.8. The molecule has 0 bridgehead atoms. The lowest BCUT2D eigenvalue weighted by atomic mass is 9.78. The predicted molar refractivity (Wildman–Crippen MR) is 102 cm³/mol. The number of carboxylic acid groups (broad SMARTS) is 1. The SMILES string of the molecule is COC(=O)c1ccc(-n2nc(C(C)(C)C)c3c2CCCC3CC(=O)O)cc1. The van der Waals surface area contributed by atoms with Crippen molar-refractivity contribution in [3.63, 3.8) is 0 Å². The molecule has 1 aromatic carbocycles. The van der Waals surface area contributed by atoms with E-state index in [-0.39, 0.29) is 23.7 Å². The van der Waals surface area contributed by atoms with Crippen LogP contribution in [-0.4, -0.2) is 33.9 Å². The fraction of sp³-hybridized carbons (Fsp3) is 0.476. The molecule has 1 aliphatic rings. The van der Waals surface area contributed by atoms with Gasteiger partial charge in [0.1, 0.15) is 0 Å². The Kier molecular flexibility index (Phi) is 5.09. The first kappa shape index (κ1) is 19.1. The Balaban J connectivity index is 2.11. The fourth-order valence-corrected chi connectivity index (χ4v) is 3.83. The number of aromatic nitrogens is 2. The topological polar surface area (TPSA) is 81.4 Å². The van der Waals surface area contributed by atoms with Crippen LogP contribution in [0.4, 0.5) is 0 Å². The van der Waals surface area contributed by atoms with Crippen molar-refractivity contribution in [2.45, 2.75) is 57.8 Å². The number of fused-ring (bicyclic) bond motifs is 1. The highest BCUT2D eigenvalue weighted by Crippen LogP contribution is 2.41. The van der Waals surface area contributed by atoms with E-state index in [2.05, 4.69) is 20.8 Å². The maximum absolute atomic E-state index is 11.7. The van der Waals surface area contributed by atoms with E-state index in [1.807, 2.05) is 16.8 Å². The number of hydrogen-bond acceptors (Lipinski definition) is 4. The van der Waals surface area contributed by atoms with Gasteiger partial charge in [0.2, 0.25) is 0 Å². The van der Waals surface area contributed by atoms with Gasteiger partial charge in [-0.2, -0.15) is 5.10 Å². The second kappa shape index (κ2) is 7.18. The number of hydrogen-bond donors (Lipinski definition) is 1. The second-order valence-corrected chi connectivity index (χ2v) is 8.10. The van der Waals surface area contributed by atoms with Crippen LogP contribution in [0.3, 0.4) is 0 Å². The van der Waals surface area contributed by atoms with Crippen molar-refractivity contribution in [1.29, 1.82) is 0 Å². The highest BCUT2D eigenvalue weighted by Gasteiger charge is 2.34. The lowest BCUT2D eigenvalue weighted by Gasteiger charge is -2.26. The second-order valence-electron chi connectivity index (χ2n) is 8.10. The number of carboxylic acids is 1. The number of aliphatic carboxylic acids is 1. The minimum Gasteiger partial charge on any atom is -0.481 e. The van der Waals surface area contributed by atoms with Crippen LogP contribution in [0.2, 0.25) is 0 Å². The molecule has 144 valence electrons. The molecule has 1 aliphatic carbocycles. The molecule has 0 amide bonds. The van der Waals surface area contributed by atoms with E-state index < -0.39 is 5.97 Å². The zero-order valence-corrected chi connectivity index (χ0v) is 16.3. The molecule has 0 saturated heterocycles. The number of carbonyl (C=O) groups excluding carboxylic acids is 1. The summed E-state index contributed by atoms with van der Waals surface area (Å²) in [6.07, 6.45) is 2.81. The quantitative estimate of drug-likeness (QED) is 0.827. The third-order valence-corrected chi connectivity index (χ3v) is 5.06. The van der Waals surface area contributed by atoms with Crippen LogP contribution >= 0.6 is 0 Å². The molecule has 1 atom stereocenters. The van der Waals surface area contributed by atoms with Crippen molar-refractivity contribution in [3.8, 4) is 5.69 Å². The molecule has 6 heteroatoms. The first-order valence-corrected chi connectivity index (χ1v) is 9.25. The largest absolute Gasteiger partial charge is 0.481 e. The number of benzene rings is 1. The van der Waals surface area contributed by atoms with Gasteiger partial charge in [-0.25, -0.2) is 9.48 Å². The molecule has 0 saturated carbocycles. The van der Waals surface area contributed by atoms with Crippen LogP contribution in [0.1, 0.15) is 73.3 Å². The lowest BCUT2D eigenvalue weighted by molar-refractivity contribution is -0.137. The Morgan fingerprint density at radius 1 is 1.26 bits per heavy atom. The number of esters is 1. The van der Waals surface area contributed by atoms with Crippen LogP contribution in [0.5, 0.6) is 0 Å². The predicted octanol–water partition coefficient (Wildman–Crippen LogP) is 3.85. The van der Waals surface area contributed by atoms with Crippen LogP contribution in [0, 0.1) is 0 Å². The number of rotatable bonds is 4. The molecule has 0 fully saturated rings. The Labute approximate surface area is 159 Å². The van der Waals surface area contributed by atoms with Gasteiger partial charge in [0.15, 0.2) is 0 Å². The summed E-state index contributed by atoms with van der Waals surface area (Å²) in [4.78, 5) is 23.0. The van der Waals surface area contributed by atoms with Gasteiger partial charge in [-0.15, -0.1) is 0 Å². The first-order valence-electron chi connectivity index (χ1n) is 9.25. The van der Waals surface area contributed by atoms with Gasteiger partial charge in [-0.05, 0) is 49.4 Å². The lowest BCUT2D eigenvalue weighted by Crippen LogP contribution is -2.20. The Hall–Kier alpha value is -2.63. The summed E-state index contributed by atoms with van der Waals surface area (Å²) in [6.45, 7) is 6.31. The highest BCUT2D eigenvalue weighted by atomic mass is 16.5. The zero-order valence-electron chi connectivity index (χ0n) is 16.3. The van der Waals surface area contributed by atoms with E-state index >= 15 is 0 Å². The summed E-state index contributed by atoms with van der Waals surface area (Å²) in [5.41, 5.74) is 4.31. The van der Waals surface area contributed by atoms with Gasteiger partial charge in [0, 0.05) is 16.7 Å². The molecule has 1 N–H and O–H groups in total. The average molecular weight is 370 g/mol. The van der Waals surface area contributed by atoms with Crippen molar-refractivity contribution in [3.05, 3.63) is 46.8 Å². The van der Waals surface area contributed by atoms with Gasteiger partial charge in [0.25, 0.3) is 0 Å². The number of carbonyl (C=O) groups is 2. The highest BCUT2D eigenvalue weighted by molar-refractivity contribution is 5.89. The summed E-state index contributed by atoms with van der Waals surface area (Å²) >= 11 is 0. The first-order chi connectivity index (χ1) is 12.7. The van der Waals surface area contributed by atoms with E-state index in [4.69, 9.17) is 9.84 Å². The standard InChI is InChI=1S/C21H26N2O4/c1-21(2,3)19-18-14(12-17(24)25)6-5-7-16(18)23(22-19)15-10-8-13(9-11-15)20(26)27-4/h8-11,14H,5-7,12H2,1-4H3,(H,24,25). The summed E-state index contributed by atoms with van der Waals surface area (Å²) < 4.78 is 6.68. The number of nitrogens with zero attached hydrogens (tertiary/aromatic N) is 2. The third kappa shape index (κ3) is 3.75. The molecule has 3 rings (SSSR count). The van der Waals surface area contributed by atoms with Crippen molar-refractivity contribution in [2.24, 2.45) is 0 Å². The smallest absolute Gasteiger partial charge is 0.337 e. The molecule has 1 aromatic heterocycles. The van der Waals surface area contributed by atoms with Crippen molar-refractivity contribution < 1.29 is 19.4 Å². The maximum atomic E-state index is 11.7. The molecule has 1 unspecified atom stereocenters. The van der Waals surface area contributed by atoms with Gasteiger partial charge in [0.05, 0.1) is 30.5 Å². The average Bonchev–Trinajstić information content (AvgIpc) is 3.02. The summed E-state index contributed by atoms with van der Waals surface area (Å²) in [7, 11) is 1.36. The van der Waals surface area contributed by atoms with Gasteiger partial charge < -0.3 is 9.84 Å². The molecule has 27 heavy (non-hydrogen) atoms. The summed E-state index contributed by atoms with van der Waals surface area (Å²) in [6, 6.07) is 7.16. The van der Waals surface area contributed by atoms with Crippen molar-refractivity contribution in [2.75, 3.05) is 7.11 Å². The molecule has 2 aromatic rings. The van der Waals surface area contributed by atoms with Crippen molar-refractivity contribution in [1.82, 2.24) is 9.78 Å². The molecule has 0 aliphatic heterocycles. The van der Waals surface area contributed by atoms with E-state index in [0.717, 1.165) is 41.9 Å². The fourth-order valence-electron chi connectivity index (χ4n) is 3.83. The number of methoxy groups -OCH3 is 1. The third-order valence-electron chi connectivity index (χ3n) is 5.06. The van der Waals surface area contributed by atoms with Crippen LogP contribution in [0.15, 0.2) is 24.3 Å². The van der Waals surface area contributed by atoms with E-state index in [1.165, 1.54) is 7.11 Å². The minimum absolute atomic E-state index is 0.0106. The van der Waals surface area contributed by atoms with Crippen LogP contribution in [-0.2, 0) is 21.4 Å². The summed E-state index contributed by atoms with van der Waals surface area (Å²) in [5, 5.41) is 14.2. The monoisotopic (exact) mass is 370 g/mol. The molecule has 0 radical (unpaired) electrons. The Morgan fingerprint density at radius 2 is 1.93 bits per heavy atom. The van der Waals surface area contributed by atoms with E-state index in [9.17, 15) is 14.7 Å². The number of ether oxygens (including phenoxy) is 1. The van der Waals surface area contributed by atoms with Gasteiger partial charge >= 0.3 is 11.9 Å². The molecule has 1 heterocycles. The van der Waals surface area contributed by atoms with E-state index in [1.54, 1.807) is 12.1 Å². The van der Waals surface area contributed by atoms with Crippen LogP contribution < -0.4 is 0 Å². The van der Waals surface area contributed by atoms with E-state index in [0.29, 0.717) is 5.56 Å². The molecular formula is C21H26N2O4. The molecule has 0 spiro atoms. The summed E-state index contributed by atoms with van der Waals surface area (Å²) in [5.74, 6) is -1.16.